The van der Waals surface area contributed by atoms with E-state index < -0.39 is 0 Å². The normalized spacial score (nSPS) is 23.6. The van der Waals surface area contributed by atoms with E-state index in [0.717, 1.165) is 13.1 Å². The highest BCUT2D eigenvalue weighted by atomic mass is 15.4. The summed E-state index contributed by atoms with van der Waals surface area (Å²) in [6.07, 6.45) is 3.89. The molecule has 0 bridgehead atoms. The van der Waals surface area contributed by atoms with Crippen molar-refractivity contribution in [3.63, 3.8) is 0 Å². The lowest BCUT2D eigenvalue weighted by Crippen LogP contribution is -2.45. The Hall–Kier alpha value is -0.730. The Balaban J connectivity index is 2.14. The summed E-state index contributed by atoms with van der Waals surface area (Å²) in [7, 11) is 0. The Labute approximate surface area is 80.4 Å². The van der Waals surface area contributed by atoms with Crippen LogP contribution in [-0.4, -0.2) is 48.5 Å². The lowest BCUT2D eigenvalue weighted by Gasteiger charge is -2.33. The maximum absolute atomic E-state index is 4.63. The number of guanidine groups is 1. The first-order valence-electron chi connectivity index (χ1n) is 5.46. The molecule has 0 amide bonds. The van der Waals surface area contributed by atoms with Crippen LogP contribution in [0.1, 0.15) is 26.2 Å². The second-order valence-electron chi connectivity index (χ2n) is 3.81. The van der Waals surface area contributed by atoms with E-state index in [-0.39, 0.29) is 0 Å². The average Bonchev–Trinajstić information content (AvgIpc) is 2.39. The molecule has 74 valence electrons. The molecular formula is C10H19N3. The minimum Gasteiger partial charge on any atom is -0.343 e. The van der Waals surface area contributed by atoms with Gasteiger partial charge in [-0.2, -0.15) is 0 Å². The van der Waals surface area contributed by atoms with Crippen molar-refractivity contribution in [1.82, 2.24) is 9.80 Å². The molecule has 0 aromatic carbocycles. The molecule has 3 heteroatoms. The molecule has 0 radical (unpaired) electrons. The standard InChI is InChI=1S/C10H19N3/c1-2-12-7-3-4-8-13-9-5-6-11-10(12)13/h2-9H2,1H3. The molecule has 13 heavy (non-hydrogen) atoms. The smallest absolute Gasteiger partial charge is 0.196 e. The zero-order valence-corrected chi connectivity index (χ0v) is 8.50. The fourth-order valence-electron chi connectivity index (χ4n) is 2.16. The quantitative estimate of drug-likeness (QED) is 0.604. The summed E-state index contributed by atoms with van der Waals surface area (Å²) in [5.41, 5.74) is 0. The number of rotatable bonds is 1. The predicted octanol–water partition coefficient (Wildman–Crippen LogP) is 1.16. The largest absolute Gasteiger partial charge is 0.343 e. The zero-order valence-electron chi connectivity index (χ0n) is 8.50. The molecule has 0 aliphatic carbocycles. The maximum atomic E-state index is 4.63. The first kappa shape index (κ1) is 8.85. The molecule has 2 aliphatic rings. The summed E-state index contributed by atoms with van der Waals surface area (Å²) in [5.74, 6) is 1.27. The van der Waals surface area contributed by atoms with Crippen molar-refractivity contribution in [2.24, 2.45) is 4.99 Å². The zero-order chi connectivity index (χ0) is 9.10. The molecule has 2 heterocycles. The van der Waals surface area contributed by atoms with Crippen molar-refractivity contribution in [2.45, 2.75) is 26.2 Å². The van der Waals surface area contributed by atoms with Crippen LogP contribution < -0.4 is 0 Å². The fourth-order valence-corrected chi connectivity index (χ4v) is 2.16. The molecule has 3 nitrogen and oxygen atoms in total. The van der Waals surface area contributed by atoms with E-state index in [2.05, 4.69) is 21.7 Å². The van der Waals surface area contributed by atoms with Crippen LogP contribution >= 0.6 is 0 Å². The maximum Gasteiger partial charge on any atom is 0.196 e. The van der Waals surface area contributed by atoms with Gasteiger partial charge in [-0.3, -0.25) is 4.99 Å². The molecule has 0 spiro atoms. The second-order valence-corrected chi connectivity index (χ2v) is 3.81. The molecule has 2 aliphatic heterocycles. The molecule has 0 atom stereocenters. The van der Waals surface area contributed by atoms with Gasteiger partial charge in [-0.15, -0.1) is 0 Å². The van der Waals surface area contributed by atoms with Gasteiger partial charge < -0.3 is 9.80 Å². The van der Waals surface area contributed by atoms with Crippen molar-refractivity contribution in [1.29, 1.82) is 0 Å². The molecule has 0 N–H and O–H groups in total. The van der Waals surface area contributed by atoms with Crippen LogP contribution in [0.25, 0.3) is 0 Å². The van der Waals surface area contributed by atoms with Crippen molar-refractivity contribution in [3.8, 4) is 0 Å². The molecule has 1 fully saturated rings. The third-order valence-electron chi connectivity index (χ3n) is 2.89. The van der Waals surface area contributed by atoms with Crippen LogP contribution in [0.5, 0.6) is 0 Å². The molecule has 2 rings (SSSR count). The molecule has 0 saturated carbocycles. The van der Waals surface area contributed by atoms with Gasteiger partial charge in [-0.1, -0.05) is 0 Å². The monoisotopic (exact) mass is 181 g/mol. The minimum atomic E-state index is 1.03. The number of nitrogens with zero attached hydrogens (tertiary/aromatic N) is 3. The summed E-state index contributed by atoms with van der Waals surface area (Å²) in [6, 6.07) is 0. The van der Waals surface area contributed by atoms with Gasteiger partial charge in [0, 0.05) is 32.7 Å². The van der Waals surface area contributed by atoms with Crippen molar-refractivity contribution in [3.05, 3.63) is 0 Å². The third-order valence-corrected chi connectivity index (χ3v) is 2.89. The van der Waals surface area contributed by atoms with E-state index in [4.69, 9.17) is 0 Å². The molecular weight excluding hydrogens is 162 g/mol. The van der Waals surface area contributed by atoms with Gasteiger partial charge in [-0.25, -0.2) is 0 Å². The summed E-state index contributed by atoms with van der Waals surface area (Å²) in [4.78, 5) is 9.51. The highest BCUT2D eigenvalue weighted by Gasteiger charge is 2.22. The van der Waals surface area contributed by atoms with Crippen LogP contribution in [0.3, 0.4) is 0 Å². The van der Waals surface area contributed by atoms with Gasteiger partial charge in [-0.05, 0) is 26.2 Å². The Kier molecular flexibility index (Phi) is 2.71. The van der Waals surface area contributed by atoms with Gasteiger partial charge in [0.15, 0.2) is 5.96 Å². The molecule has 1 saturated heterocycles. The lowest BCUT2D eigenvalue weighted by molar-refractivity contribution is 0.340. The summed E-state index contributed by atoms with van der Waals surface area (Å²) < 4.78 is 0. The predicted molar refractivity (Wildman–Crippen MR) is 55.0 cm³/mol. The lowest BCUT2D eigenvalue weighted by atomic mass is 10.3. The Morgan fingerprint density at radius 1 is 1.15 bits per heavy atom. The van der Waals surface area contributed by atoms with Crippen molar-refractivity contribution in [2.75, 3.05) is 32.7 Å². The third kappa shape index (κ3) is 1.79. The number of fused-ring (bicyclic) bond motifs is 1. The SMILES string of the molecule is CCN1CCCCN2CCCN=C12. The summed E-state index contributed by atoms with van der Waals surface area (Å²) in [5, 5.41) is 0. The van der Waals surface area contributed by atoms with E-state index >= 15 is 0 Å². The minimum absolute atomic E-state index is 1.03. The van der Waals surface area contributed by atoms with Crippen LogP contribution in [0.15, 0.2) is 4.99 Å². The van der Waals surface area contributed by atoms with Gasteiger partial charge in [0.05, 0.1) is 0 Å². The van der Waals surface area contributed by atoms with Crippen LogP contribution in [0.4, 0.5) is 0 Å². The van der Waals surface area contributed by atoms with Gasteiger partial charge in [0.2, 0.25) is 0 Å². The van der Waals surface area contributed by atoms with Crippen LogP contribution in [0, 0.1) is 0 Å². The van der Waals surface area contributed by atoms with Gasteiger partial charge in [0.25, 0.3) is 0 Å². The number of hydrogen-bond donors (Lipinski definition) is 0. The average molecular weight is 181 g/mol. The Morgan fingerprint density at radius 3 is 2.77 bits per heavy atom. The highest BCUT2D eigenvalue weighted by Crippen LogP contribution is 2.13. The first-order valence-corrected chi connectivity index (χ1v) is 5.46. The van der Waals surface area contributed by atoms with E-state index in [1.807, 2.05) is 0 Å². The Morgan fingerprint density at radius 2 is 1.92 bits per heavy atom. The highest BCUT2D eigenvalue weighted by molar-refractivity contribution is 5.80. The number of aliphatic imine (C=N–C) groups is 1. The number of hydrogen-bond acceptors (Lipinski definition) is 3. The van der Waals surface area contributed by atoms with Crippen LogP contribution in [0.2, 0.25) is 0 Å². The molecule has 0 aromatic heterocycles. The second kappa shape index (κ2) is 3.99. The fraction of sp³-hybridized carbons (Fsp3) is 0.900. The van der Waals surface area contributed by atoms with E-state index in [1.54, 1.807) is 0 Å². The van der Waals surface area contributed by atoms with Gasteiger partial charge in [0.1, 0.15) is 0 Å². The van der Waals surface area contributed by atoms with Crippen molar-refractivity contribution < 1.29 is 0 Å². The van der Waals surface area contributed by atoms with Gasteiger partial charge >= 0.3 is 0 Å². The summed E-state index contributed by atoms with van der Waals surface area (Å²) in [6.45, 7) is 7.99. The van der Waals surface area contributed by atoms with E-state index in [9.17, 15) is 0 Å². The molecule has 0 unspecified atom stereocenters. The molecule has 0 aromatic rings. The van der Waals surface area contributed by atoms with E-state index in [0.29, 0.717) is 0 Å². The Bertz CT molecular complexity index is 200. The first-order chi connectivity index (χ1) is 6.42. The van der Waals surface area contributed by atoms with E-state index in [1.165, 1.54) is 44.9 Å². The topological polar surface area (TPSA) is 18.8 Å². The summed E-state index contributed by atoms with van der Waals surface area (Å²) >= 11 is 0. The van der Waals surface area contributed by atoms with Crippen LogP contribution in [-0.2, 0) is 0 Å². The van der Waals surface area contributed by atoms with Crippen molar-refractivity contribution >= 4 is 5.96 Å².